The first-order valence-corrected chi connectivity index (χ1v) is 7.81. The van der Waals surface area contributed by atoms with Crippen LogP contribution in [0.4, 0.5) is 8.78 Å². The van der Waals surface area contributed by atoms with Crippen LogP contribution < -0.4 is 0 Å². The molecule has 4 nitrogen and oxygen atoms in total. The Hall–Kier alpha value is -1.82. The molecule has 0 saturated carbocycles. The van der Waals surface area contributed by atoms with Gasteiger partial charge >= 0.3 is 0 Å². The van der Waals surface area contributed by atoms with Gasteiger partial charge < -0.3 is 10.0 Å². The lowest BCUT2D eigenvalue weighted by atomic mass is 9.93. The highest BCUT2D eigenvalue weighted by Crippen LogP contribution is 2.22. The fourth-order valence-corrected chi connectivity index (χ4v) is 2.86. The number of halogens is 2. The number of carbonyl (C=O) groups is 2. The number of amides is 1. The van der Waals surface area contributed by atoms with E-state index in [1.165, 1.54) is 6.07 Å². The molecule has 1 heterocycles. The van der Waals surface area contributed by atoms with Crippen LogP contribution in [0.25, 0.3) is 0 Å². The molecule has 1 amide bonds. The van der Waals surface area contributed by atoms with Crippen molar-refractivity contribution in [3.8, 4) is 0 Å². The molecule has 2 atom stereocenters. The first kappa shape index (κ1) is 17.5. The molecule has 1 saturated heterocycles. The molecule has 2 rings (SSSR count). The van der Waals surface area contributed by atoms with Gasteiger partial charge in [-0.05, 0) is 43.9 Å². The summed E-state index contributed by atoms with van der Waals surface area (Å²) in [7, 11) is 0. The van der Waals surface area contributed by atoms with Gasteiger partial charge in [0.25, 0.3) is 0 Å². The summed E-state index contributed by atoms with van der Waals surface area (Å²) in [4.78, 5) is 26.0. The van der Waals surface area contributed by atoms with Crippen LogP contribution in [-0.2, 0) is 4.79 Å². The number of aliphatic hydroxyl groups excluding tert-OH is 1. The maximum Gasteiger partial charge on any atom is 0.223 e. The van der Waals surface area contributed by atoms with E-state index in [1.54, 1.807) is 4.90 Å². The van der Waals surface area contributed by atoms with Crippen LogP contribution in [0.5, 0.6) is 0 Å². The topological polar surface area (TPSA) is 57.6 Å². The molecule has 126 valence electrons. The summed E-state index contributed by atoms with van der Waals surface area (Å²) in [6.07, 6.45) is 1.69. The highest BCUT2D eigenvalue weighted by molar-refractivity contribution is 5.98. The highest BCUT2D eigenvalue weighted by Gasteiger charge is 2.28. The van der Waals surface area contributed by atoms with Crippen molar-refractivity contribution in [1.82, 2.24) is 4.90 Å². The Labute approximate surface area is 134 Å². The van der Waals surface area contributed by atoms with Gasteiger partial charge in [-0.25, -0.2) is 8.78 Å². The molecular weight excluding hydrogens is 304 g/mol. The molecule has 2 unspecified atom stereocenters. The second-order valence-electron chi connectivity index (χ2n) is 6.07. The number of hydrogen-bond acceptors (Lipinski definition) is 3. The zero-order valence-corrected chi connectivity index (χ0v) is 13.1. The fourth-order valence-electron chi connectivity index (χ4n) is 2.86. The number of hydrogen-bond donors (Lipinski definition) is 1. The average molecular weight is 325 g/mol. The number of rotatable bonds is 5. The summed E-state index contributed by atoms with van der Waals surface area (Å²) in [5.41, 5.74) is 0.0663. The molecule has 0 bridgehead atoms. The average Bonchev–Trinajstić information content (AvgIpc) is 2.55. The van der Waals surface area contributed by atoms with E-state index in [-0.39, 0.29) is 48.7 Å². The number of aliphatic hydroxyl groups is 1. The van der Waals surface area contributed by atoms with Crippen molar-refractivity contribution in [3.63, 3.8) is 0 Å². The lowest BCUT2D eigenvalue weighted by molar-refractivity contribution is -0.135. The number of benzene rings is 1. The van der Waals surface area contributed by atoms with E-state index in [4.69, 9.17) is 0 Å². The van der Waals surface area contributed by atoms with E-state index in [2.05, 4.69) is 0 Å². The second kappa shape index (κ2) is 7.64. The largest absolute Gasteiger partial charge is 0.396 e. The first-order valence-electron chi connectivity index (χ1n) is 7.81. The molecule has 1 fully saturated rings. The minimum atomic E-state index is -1.07. The quantitative estimate of drug-likeness (QED) is 0.847. The predicted octanol–water partition coefficient (Wildman–Crippen LogP) is 2.55. The van der Waals surface area contributed by atoms with Gasteiger partial charge in [-0.3, -0.25) is 9.59 Å². The number of nitrogens with zero attached hydrogens (tertiary/aromatic N) is 1. The summed E-state index contributed by atoms with van der Waals surface area (Å²) in [5, 5.41) is 9.23. The smallest absolute Gasteiger partial charge is 0.223 e. The number of Topliss-reactive ketones (excluding diaryl/α,β-unsaturated/α-hetero) is 1. The van der Waals surface area contributed by atoms with Crippen molar-refractivity contribution in [2.75, 3.05) is 13.2 Å². The maximum atomic E-state index is 13.1. The van der Waals surface area contributed by atoms with Crippen molar-refractivity contribution in [2.24, 2.45) is 5.92 Å². The van der Waals surface area contributed by atoms with Crippen LogP contribution in [0.2, 0.25) is 0 Å². The molecule has 1 aliphatic rings. The van der Waals surface area contributed by atoms with Crippen LogP contribution in [0.1, 0.15) is 43.0 Å². The monoisotopic (exact) mass is 325 g/mol. The van der Waals surface area contributed by atoms with Crippen LogP contribution in [0, 0.1) is 17.6 Å². The number of likely N-dealkylation sites (tertiary alicyclic amines) is 1. The van der Waals surface area contributed by atoms with Crippen molar-refractivity contribution < 1.29 is 23.5 Å². The van der Waals surface area contributed by atoms with Crippen LogP contribution in [0.15, 0.2) is 18.2 Å². The molecule has 0 spiro atoms. The molecule has 23 heavy (non-hydrogen) atoms. The summed E-state index contributed by atoms with van der Waals surface area (Å²) in [6.45, 7) is 2.49. The van der Waals surface area contributed by atoms with Gasteiger partial charge in [0.2, 0.25) is 5.91 Å². The number of ketones is 1. The molecule has 1 aromatic rings. The highest BCUT2D eigenvalue weighted by atomic mass is 19.2. The lowest BCUT2D eigenvalue weighted by Gasteiger charge is -2.37. The predicted molar refractivity (Wildman–Crippen MR) is 80.9 cm³/mol. The van der Waals surface area contributed by atoms with E-state index >= 15 is 0 Å². The SMILES string of the molecule is CC1CCC(CO)CN1C(=O)CCC(=O)c1ccc(F)c(F)c1. The second-order valence-corrected chi connectivity index (χ2v) is 6.07. The van der Waals surface area contributed by atoms with Gasteiger partial charge in [0.1, 0.15) is 0 Å². The number of carbonyl (C=O) groups excluding carboxylic acids is 2. The minimum absolute atomic E-state index is 0.0281. The zero-order valence-electron chi connectivity index (χ0n) is 13.1. The summed E-state index contributed by atoms with van der Waals surface area (Å²) >= 11 is 0. The Bertz CT molecular complexity index is 591. The van der Waals surface area contributed by atoms with E-state index in [1.807, 2.05) is 6.92 Å². The molecular formula is C17H21F2NO3. The molecule has 0 aliphatic carbocycles. The number of piperidine rings is 1. The third-order valence-electron chi connectivity index (χ3n) is 4.37. The molecule has 1 N–H and O–H groups in total. The Morgan fingerprint density at radius 3 is 2.61 bits per heavy atom. The fraction of sp³-hybridized carbons (Fsp3) is 0.529. The van der Waals surface area contributed by atoms with E-state index < -0.39 is 11.6 Å². The molecule has 6 heteroatoms. The summed E-state index contributed by atoms with van der Waals surface area (Å²) in [6, 6.07) is 3.07. The Morgan fingerprint density at radius 2 is 1.96 bits per heavy atom. The van der Waals surface area contributed by atoms with Crippen molar-refractivity contribution >= 4 is 11.7 Å². The summed E-state index contributed by atoms with van der Waals surface area (Å²) < 4.78 is 26.0. The van der Waals surface area contributed by atoms with E-state index in [9.17, 15) is 23.5 Å². The van der Waals surface area contributed by atoms with Crippen LogP contribution in [-0.4, -0.2) is 40.9 Å². The van der Waals surface area contributed by atoms with Gasteiger partial charge in [-0.2, -0.15) is 0 Å². The Kier molecular flexibility index (Phi) is 5.82. The minimum Gasteiger partial charge on any atom is -0.396 e. The first-order chi connectivity index (χ1) is 10.9. The van der Waals surface area contributed by atoms with Crippen molar-refractivity contribution in [2.45, 2.75) is 38.6 Å². The normalized spacial score (nSPS) is 21.3. The van der Waals surface area contributed by atoms with Gasteiger partial charge in [0, 0.05) is 37.6 Å². The summed E-state index contributed by atoms with van der Waals surface area (Å²) in [5.74, 6) is -2.53. The van der Waals surface area contributed by atoms with Gasteiger partial charge in [-0.15, -0.1) is 0 Å². The third kappa shape index (κ3) is 4.34. The van der Waals surface area contributed by atoms with Crippen LogP contribution in [0.3, 0.4) is 0 Å². The molecule has 0 radical (unpaired) electrons. The van der Waals surface area contributed by atoms with E-state index in [0.717, 1.165) is 25.0 Å². The van der Waals surface area contributed by atoms with Gasteiger partial charge in [0.15, 0.2) is 17.4 Å². The van der Waals surface area contributed by atoms with E-state index in [0.29, 0.717) is 6.54 Å². The van der Waals surface area contributed by atoms with Gasteiger partial charge in [-0.1, -0.05) is 0 Å². The van der Waals surface area contributed by atoms with Gasteiger partial charge in [0.05, 0.1) is 0 Å². The molecule has 1 aromatic carbocycles. The van der Waals surface area contributed by atoms with Crippen LogP contribution >= 0.6 is 0 Å². The zero-order chi connectivity index (χ0) is 17.0. The third-order valence-corrected chi connectivity index (χ3v) is 4.37. The standard InChI is InChI=1S/C17H21F2NO3/c1-11-2-3-12(10-21)9-20(11)17(23)7-6-16(22)13-4-5-14(18)15(19)8-13/h4-5,8,11-12,21H,2-3,6-7,9-10H2,1H3. The molecule has 0 aromatic heterocycles. The maximum absolute atomic E-state index is 13.1. The Morgan fingerprint density at radius 1 is 1.22 bits per heavy atom. The molecule has 1 aliphatic heterocycles. The van der Waals surface area contributed by atoms with Crippen molar-refractivity contribution in [1.29, 1.82) is 0 Å². The van der Waals surface area contributed by atoms with Crippen molar-refractivity contribution in [3.05, 3.63) is 35.4 Å². The lowest BCUT2D eigenvalue weighted by Crippen LogP contribution is -2.46. The Balaban J connectivity index is 1.92.